The van der Waals surface area contributed by atoms with Crippen LogP contribution in [0.3, 0.4) is 0 Å². The van der Waals surface area contributed by atoms with Crippen LogP contribution in [0.15, 0.2) is 28.8 Å². The SMILES string of the molecule is C/C=C1\C(=NCC)C=CC2(C)CC12. The molecule has 13 heavy (non-hydrogen) atoms. The minimum atomic E-state index is 0.467. The van der Waals surface area contributed by atoms with Crippen molar-refractivity contribution in [3.05, 3.63) is 23.8 Å². The third-order valence-corrected chi connectivity index (χ3v) is 3.21. The summed E-state index contributed by atoms with van der Waals surface area (Å²) in [5.74, 6) is 0.757. The Hall–Kier alpha value is -0.850. The average Bonchev–Trinajstić information content (AvgIpc) is 2.78. The van der Waals surface area contributed by atoms with Crippen molar-refractivity contribution in [3.63, 3.8) is 0 Å². The first-order chi connectivity index (χ1) is 6.21. The molecule has 0 bridgehead atoms. The molecule has 0 aromatic carbocycles. The van der Waals surface area contributed by atoms with E-state index in [9.17, 15) is 0 Å². The molecule has 2 aliphatic rings. The van der Waals surface area contributed by atoms with Crippen molar-refractivity contribution in [3.8, 4) is 0 Å². The minimum absolute atomic E-state index is 0.467. The summed E-state index contributed by atoms with van der Waals surface area (Å²) in [7, 11) is 0. The lowest BCUT2D eigenvalue weighted by atomic mass is 9.91. The summed E-state index contributed by atoms with van der Waals surface area (Å²) in [5.41, 5.74) is 3.14. The summed E-state index contributed by atoms with van der Waals surface area (Å²) >= 11 is 0. The van der Waals surface area contributed by atoms with Crippen LogP contribution in [0.4, 0.5) is 0 Å². The summed E-state index contributed by atoms with van der Waals surface area (Å²) in [6, 6.07) is 0. The smallest absolute Gasteiger partial charge is 0.0602 e. The van der Waals surface area contributed by atoms with Crippen LogP contribution < -0.4 is 0 Å². The van der Waals surface area contributed by atoms with Crippen molar-refractivity contribution < 1.29 is 0 Å². The van der Waals surface area contributed by atoms with E-state index in [1.54, 1.807) is 0 Å². The van der Waals surface area contributed by atoms with Gasteiger partial charge in [-0.05, 0) is 43.3 Å². The molecular formula is C12H17N. The monoisotopic (exact) mass is 175 g/mol. The number of aliphatic imine (C=N–C) groups is 1. The molecule has 0 saturated heterocycles. The van der Waals surface area contributed by atoms with E-state index in [2.05, 4.69) is 44.0 Å². The molecule has 0 N–H and O–H groups in total. The molecule has 0 spiro atoms. The fourth-order valence-corrected chi connectivity index (χ4v) is 2.24. The van der Waals surface area contributed by atoms with E-state index in [0.717, 1.165) is 12.5 Å². The minimum Gasteiger partial charge on any atom is -0.285 e. The van der Waals surface area contributed by atoms with Gasteiger partial charge in [-0.15, -0.1) is 0 Å². The largest absolute Gasteiger partial charge is 0.285 e. The van der Waals surface area contributed by atoms with Crippen LogP contribution in [0.1, 0.15) is 27.2 Å². The summed E-state index contributed by atoms with van der Waals surface area (Å²) < 4.78 is 0. The molecule has 2 aliphatic carbocycles. The Bertz CT molecular complexity index is 309. The van der Waals surface area contributed by atoms with Crippen LogP contribution in [0.2, 0.25) is 0 Å². The first-order valence-electron chi connectivity index (χ1n) is 5.11. The van der Waals surface area contributed by atoms with E-state index in [-0.39, 0.29) is 0 Å². The second-order valence-electron chi connectivity index (χ2n) is 4.20. The highest BCUT2D eigenvalue weighted by Crippen LogP contribution is 2.59. The Kier molecular flexibility index (Phi) is 1.90. The van der Waals surface area contributed by atoms with E-state index in [0.29, 0.717) is 5.41 Å². The first-order valence-corrected chi connectivity index (χ1v) is 5.11. The Morgan fingerprint density at radius 1 is 1.69 bits per heavy atom. The van der Waals surface area contributed by atoms with Crippen molar-refractivity contribution in [1.29, 1.82) is 0 Å². The summed E-state index contributed by atoms with van der Waals surface area (Å²) in [5, 5.41) is 0. The van der Waals surface area contributed by atoms with Crippen molar-refractivity contribution in [1.82, 2.24) is 0 Å². The molecule has 0 aromatic heterocycles. The molecule has 0 amide bonds. The van der Waals surface area contributed by atoms with Gasteiger partial charge in [0, 0.05) is 6.54 Å². The van der Waals surface area contributed by atoms with Gasteiger partial charge in [0.2, 0.25) is 0 Å². The number of hydrogen-bond donors (Lipinski definition) is 0. The average molecular weight is 175 g/mol. The van der Waals surface area contributed by atoms with Crippen LogP contribution in [-0.2, 0) is 0 Å². The Morgan fingerprint density at radius 3 is 3.08 bits per heavy atom. The summed E-state index contributed by atoms with van der Waals surface area (Å²) in [6.45, 7) is 7.44. The fraction of sp³-hybridized carbons (Fsp3) is 0.583. The number of nitrogens with zero attached hydrogens (tertiary/aromatic N) is 1. The molecule has 1 fully saturated rings. The maximum Gasteiger partial charge on any atom is 0.0602 e. The Morgan fingerprint density at radius 2 is 2.46 bits per heavy atom. The zero-order chi connectivity index (χ0) is 9.47. The van der Waals surface area contributed by atoms with Crippen LogP contribution in [0.25, 0.3) is 0 Å². The summed E-state index contributed by atoms with van der Waals surface area (Å²) in [6.07, 6.45) is 8.07. The van der Waals surface area contributed by atoms with Gasteiger partial charge in [0.25, 0.3) is 0 Å². The lowest BCUT2D eigenvalue weighted by Crippen LogP contribution is -2.11. The highest BCUT2D eigenvalue weighted by molar-refractivity contribution is 6.10. The van der Waals surface area contributed by atoms with E-state index >= 15 is 0 Å². The maximum atomic E-state index is 4.51. The van der Waals surface area contributed by atoms with Gasteiger partial charge in [0.1, 0.15) is 0 Å². The Labute approximate surface area is 80.3 Å². The molecule has 0 aromatic rings. The molecule has 70 valence electrons. The third kappa shape index (κ3) is 1.27. The highest BCUT2D eigenvalue weighted by atomic mass is 14.7. The maximum absolute atomic E-state index is 4.51. The molecule has 2 atom stereocenters. The molecule has 2 unspecified atom stereocenters. The van der Waals surface area contributed by atoms with Crippen LogP contribution in [-0.4, -0.2) is 12.3 Å². The predicted octanol–water partition coefficient (Wildman–Crippen LogP) is 2.99. The topological polar surface area (TPSA) is 12.4 Å². The van der Waals surface area contributed by atoms with Crippen LogP contribution in [0, 0.1) is 11.3 Å². The molecule has 0 radical (unpaired) electrons. The van der Waals surface area contributed by atoms with Crippen molar-refractivity contribution in [2.24, 2.45) is 16.3 Å². The second kappa shape index (κ2) is 2.83. The molecule has 2 rings (SSSR count). The number of hydrogen-bond acceptors (Lipinski definition) is 1. The molecule has 1 heteroatoms. The third-order valence-electron chi connectivity index (χ3n) is 3.21. The van der Waals surface area contributed by atoms with Gasteiger partial charge in [0.05, 0.1) is 5.71 Å². The van der Waals surface area contributed by atoms with E-state index < -0.39 is 0 Å². The van der Waals surface area contributed by atoms with Gasteiger partial charge in [-0.3, -0.25) is 4.99 Å². The fourth-order valence-electron chi connectivity index (χ4n) is 2.24. The standard InChI is InChI=1S/C12H17N/c1-4-9-10-8-12(10,3)7-6-11(9)13-5-2/h4,6-7,10H,5,8H2,1-3H3/b9-4-,13-11?. The van der Waals surface area contributed by atoms with Crippen molar-refractivity contribution in [2.75, 3.05) is 6.54 Å². The quantitative estimate of drug-likeness (QED) is 0.581. The Balaban J connectivity index is 2.34. The normalized spacial score (nSPS) is 42.5. The van der Waals surface area contributed by atoms with Gasteiger partial charge >= 0.3 is 0 Å². The molecule has 1 saturated carbocycles. The van der Waals surface area contributed by atoms with E-state index in [1.165, 1.54) is 17.7 Å². The second-order valence-corrected chi connectivity index (χ2v) is 4.20. The zero-order valence-corrected chi connectivity index (χ0v) is 8.67. The van der Waals surface area contributed by atoms with E-state index in [4.69, 9.17) is 0 Å². The predicted molar refractivity (Wildman–Crippen MR) is 57.1 cm³/mol. The number of fused-ring (bicyclic) bond motifs is 1. The van der Waals surface area contributed by atoms with Gasteiger partial charge in [0.15, 0.2) is 0 Å². The van der Waals surface area contributed by atoms with Gasteiger partial charge < -0.3 is 0 Å². The lowest BCUT2D eigenvalue weighted by molar-refractivity contribution is 0.681. The van der Waals surface area contributed by atoms with Crippen molar-refractivity contribution in [2.45, 2.75) is 27.2 Å². The molecule has 0 heterocycles. The first kappa shape index (κ1) is 8.74. The van der Waals surface area contributed by atoms with Gasteiger partial charge in [-0.1, -0.05) is 19.1 Å². The van der Waals surface area contributed by atoms with Crippen LogP contribution in [0.5, 0.6) is 0 Å². The van der Waals surface area contributed by atoms with E-state index in [1.807, 2.05) is 0 Å². The molecule has 0 aliphatic heterocycles. The lowest BCUT2D eigenvalue weighted by Gasteiger charge is -2.15. The van der Waals surface area contributed by atoms with Crippen LogP contribution >= 0.6 is 0 Å². The molecular weight excluding hydrogens is 158 g/mol. The number of rotatable bonds is 1. The number of allylic oxidation sites excluding steroid dienone is 4. The highest BCUT2D eigenvalue weighted by Gasteiger charge is 2.52. The summed E-state index contributed by atoms with van der Waals surface area (Å²) in [4.78, 5) is 4.51. The molecule has 1 nitrogen and oxygen atoms in total. The van der Waals surface area contributed by atoms with Crippen molar-refractivity contribution >= 4 is 5.71 Å². The zero-order valence-electron chi connectivity index (χ0n) is 8.67. The van der Waals surface area contributed by atoms with Gasteiger partial charge in [-0.25, -0.2) is 0 Å². The van der Waals surface area contributed by atoms with Gasteiger partial charge in [-0.2, -0.15) is 0 Å².